The summed E-state index contributed by atoms with van der Waals surface area (Å²) in [4.78, 5) is 28.7. The van der Waals surface area contributed by atoms with E-state index in [1.165, 1.54) is 11.2 Å². The maximum absolute atomic E-state index is 11.8. The molecule has 0 fully saturated rings. The molecule has 1 rings (SSSR count). The molecular formula is C10H13Cl2N3O2. The third-order valence-electron chi connectivity index (χ3n) is 2.41. The summed E-state index contributed by atoms with van der Waals surface area (Å²) in [6.07, 6.45) is 1.21. The number of carbonyl (C=O) groups is 1. The summed E-state index contributed by atoms with van der Waals surface area (Å²) in [5.74, 6) is -0.192. The standard InChI is InChI=1S/C10H13Cl2N3O2/c1-6(2)14(3)7(16)4-15-5-13-9(12)8(11)10(15)17/h5-6H,4H2,1-3H3. The predicted molar refractivity (Wildman–Crippen MR) is 66.4 cm³/mol. The first-order chi connectivity index (χ1) is 7.84. The normalized spacial score (nSPS) is 10.7. The van der Waals surface area contributed by atoms with E-state index in [0.29, 0.717) is 0 Å². The number of rotatable bonds is 3. The van der Waals surface area contributed by atoms with E-state index in [0.717, 1.165) is 4.57 Å². The molecule has 7 heteroatoms. The predicted octanol–water partition coefficient (Wildman–Crippen LogP) is 1.42. The van der Waals surface area contributed by atoms with Gasteiger partial charge in [0.25, 0.3) is 5.56 Å². The van der Waals surface area contributed by atoms with E-state index in [2.05, 4.69) is 4.98 Å². The maximum Gasteiger partial charge on any atom is 0.274 e. The zero-order valence-corrected chi connectivity index (χ0v) is 11.3. The molecule has 0 unspecified atom stereocenters. The van der Waals surface area contributed by atoms with Gasteiger partial charge in [0.05, 0.1) is 6.33 Å². The van der Waals surface area contributed by atoms with Gasteiger partial charge in [-0.25, -0.2) is 4.98 Å². The molecular weight excluding hydrogens is 265 g/mol. The van der Waals surface area contributed by atoms with Crippen molar-refractivity contribution in [2.24, 2.45) is 0 Å². The number of amides is 1. The van der Waals surface area contributed by atoms with Crippen LogP contribution in [0.15, 0.2) is 11.1 Å². The van der Waals surface area contributed by atoms with E-state index in [-0.39, 0.29) is 28.7 Å². The summed E-state index contributed by atoms with van der Waals surface area (Å²) in [6.45, 7) is 3.67. The summed E-state index contributed by atoms with van der Waals surface area (Å²) in [7, 11) is 1.67. The lowest BCUT2D eigenvalue weighted by atomic mass is 10.3. The Hall–Kier alpha value is -1.07. The molecule has 1 heterocycles. The van der Waals surface area contributed by atoms with Gasteiger partial charge in [0.1, 0.15) is 11.6 Å². The van der Waals surface area contributed by atoms with Crippen molar-refractivity contribution in [1.29, 1.82) is 0 Å². The van der Waals surface area contributed by atoms with E-state index in [9.17, 15) is 9.59 Å². The number of halogens is 2. The molecule has 94 valence electrons. The van der Waals surface area contributed by atoms with Crippen molar-refractivity contribution in [3.63, 3.8) is 0 Å². The highest BCUT2D eigenvalue weighted by molar-refractivity contribution is 6.40. The Labute approximate surface area is 109 Å². The maximum atomic E-state index is 11.8. The van der Waals surface area contributed by atoms with Crippen molar-refractivity contribution in [3.8, 4) is 0 Å². The average molecular weight is 278 g/mol. The highest BCUT2D eigenvalue weighted by atomic mass is 35.5. The number of hydrogen-bond acceptors (Lipinski definition) is 3. The van der Waals surface area contributed by atoms with E-state index >= 15 is 0 Å². The van der Waals surface area contributed by atoms with Crippen LogP contribution in [0.3, 0.4) is 0 Å². The number of aromatic nitrogens is 2. The average Bonchev–Trinajstić information content (AvgIpc) is 2.28. The van der Waals surface area contributed by atoms with Gasteiger partial charge >= 0.3 is 0 Å². The van der Waals surface area contributed by atoms with Gasteiger partial charge in [-0.05, 0) is 13.8 Å². The molecule has 0 aromatic carbocycles. The number of likely N-dealkylation sites (N-methyl/N-ethyl adjacent to an activating group) is 1. The Morgan fingerprint density at radius 3 is 2.65 bits per heavy atom. The van der Waals surface area contributed by atoms with Gasteiger partial charge in [0.2, 0.25) is 5.91 Å². The lowest BCUT2D eigenvalue weighted by molar-refractivity contribution is -0.132. The minimum Gasteiger partial charge on any atom is -0.342 e. The van der Waals surface area contributed by atoms with Gasteiger partial charge in [-0.3, -0.25) is 14.2 Å². The molecule has 17 heavy (non-hydrogen) atoms. The first kappa shape index (κ1) is 14.0. The fourth-order valence-electron chi connectivity index (χ4n) is 1.10. The van der Waals surface area contributed by atoms with Crippen molar-refractivity contribution >= 4 is 29.1 Å². The van der Waals surface area contributed by atoms with Gasteiger partial charge in [0.15, 0.2) is 5.15 Å². The van der Waals surface area contributed by atoms with Crippen LogP contribution < -0.4 is 5.56 Å². The van der Waals surface area contributed by atoms with Crippen LogP contribution >= 0.6 is 23.2 Å². The fraction of sp³-hybridized carbons (Fsp3) is 0.500. The second-order valence-corrected chi connectivity index (χ2v) is 4.62. The Morgan fingerprint density at radius 1 is 1.53 bits per heavy atom. The first-order valence-corrected chi connectivity index (χ1v) is 5.76. The second-order valence-electron chi connectivity index (χ2n) is 3.88. The SMILES string of the molecule is CC(C)N(C)C(=O)Cn1cnc(Cl)c(Cl)c1=O. The van der Waals surface area contributed by atoms with Crippen LogP contribution in [-0.4, -0.2) is 33.4 Å². The van der Waals surface area contributed by atoms with Gasteiger partial charge < -0.3 is 4.90 Å². The minimum absolute atomic E-state index is 0.0578. The van der Waals surface area contributed by atoms with Crippen LogP contribution in [0.2, 0.25) is 10.2 Å². The molecule has 0 N–H and O–H groups in total. The van der Waals surface area contributed by atoms with Crippen molar-refractivity contribution in [1.82, 2.24) is 14.5 Å². The van der Waals surface area contributed by atoms with Gasteiger partial charge in [0, 0.05) is 13.1 Å². The molecule has 5 nitrogen and oxygen atoms in total. The highest BCUT2D eigenvalue weighted by Crippen LogP contribution is 2.12. The molecule has 0 atom stereocenters. The second kappa shape index (κ2) is 5.51. The molecule has 0 aliphatic heterocycles. The van der Waals surface area contributed by atoms with Crippen LogP contribution in [0.1, 0.15) is 13.8 Å². The molecule has 1 aromatic heterocycles. The molecule has 1 aromatic rings. The molecule has 1 amide bonds. The molecule has 0 aliphatic carbocycles. The van der Waals surface area contributed by atoms with Crippen LogP contribution in [0.25, 0.3) is 0 Å². The number of nitrogens with zero attached hydrogens (tertiary/aromatic N) is 3. The summed E-state index contributed by atoms with van der Waals surface area (Å²) in [5.41, 5.74) is -0.517. The summed E-state index contributed by atoms with van der Waals surface area (Å²) < 4.78 is 1.13. The monoisotopic (exact) mass is 277 g/mol. The molecule has 0 aliphatic rings. The third-order valence-corrected chi connectivity index (χ3v) is 3.14. The summed E-state index contributed by atoms with van der Waals surface area (Å²) >= 11 is 11.2. The molecule has 0 saturated heterocycles. The van der Waals surface area contributed by atoms with Gasteiger partial charge in [-0.15, -0.1) is 0 Å². The zero-order valence-electron chi connectivity index (χ0n) is 9.78. The van der Waals surface area contributed by atoms with E-state index in [1.807, 2.05) is 13.8 Å². The number of carbonyl (C=O) groups excluding carboxylic acids is 1. The number of hydrogen-bond donors (Lipinski definition) is 0. The first-order valence-electron chi connectivity index (χ1n) is 5.00. The smallest absolute Gasteiger partial charge is 0.274 e. The Balaban J connectivity index is 2.94. The third kappa shape index (κ3) is 3.20. The van der Waals surface area contributed by atoms with Crippen molar-refractivity contribution in [2.45, 2.75) is 26.4 Å². The zero-order chi connectivity index (χ0) is 13.2. The van der Waals surface area contributed by atoms with Crippen LogP contribution in [0.4, 0.5) is 0 Å². The Bertz CT molecular complexity index is 485. The van der Waals surface area contributed by atoms with Crippen molar-refractivity contribution in [2.75, 3.05) is 7.05 Å². The van der Waals surface area contributed by atoms with Crippen molar-refractivity contribution in [3.05, 3.63) is 26.9 Å². The van der Waals surface area contributed by atoms with E-state index in [1.54, 1.807) is 7.05 Å². The summed E-state index contributed by atoms with van der Waals surface area (Å²) in [5, 5.41) is -0.230. The molecule has 0 bridgehead atoms. The van der Waals surface area contributed by atoms with Gasteiger partial charge in [-0.1, -0.05) is 23.2 Å². The Morgan fingerprint density at radius 2 is 2.12 bits per heavy atom. The molecule has 0 spiro atoms. The topological polar surface area (TPSA) is 55.2 Å². The van der Waals surface area contributed by atoms with Crippen LogP contribution in [0.5, 0.6) is 0 Å². The van der Waals surface area contributed by atoms with Gasteiger partial charge in [-0.2, -0.15) is 0 Å². The lowest BCUT2D eigenvalue weighted by Crippen LogP contribution is -2.38. The minimum atomic E-state index is -0.517. The summed E-state index contributed by atoms with van der Waals surface area (Å²) in [6, 6.07) is 0.0638. The van der Waals surface area contributed by atoms with Crippen LogP contribution in [-0.2, 0) is 11.3 Å². The van der Waals surface area contributed by atoms with E-state index < -0.39 is 5.56 Å². The Kier molecular flexibility index (Phi) is 4.54. The lowest BCUT2D eigenvalue weighted by Gasteiger charge is -2.21. The van der Waals surface area contributed by atoms with Crippen LogP contribution in [0, 0.1) is 0 Å². The molecule has 0 radical (unpaired) electrons. The quantitative estimate of drug-likeness (QED) is 0.786. The van der Waals surface area contributed by atoms with Crippen molar-refractivity contribution < 1.29 is 4.79 Å². The highest BCUT2D eigenvalue weighted by Gasteiger charge is 2.15. The fourth-order valence-corrected chi connectivity index (χ4v) is 1.38. The van der Waals surface area contributed by atoms with E-state index in [4.69, 9.17) is 23.2 Å². The largest absolute Gasteiger partial charge is 0.342 e. The molecule has 0 saturated carbocycles.